The summed E-state index contributed by atoms with van der Waals surface area (Å²) in [5.74, 6) is 0.818. The van der Waals surface area contributed by atoms with E-state index in [0.717, 1.165) is 5.56 Å². The molecule has 2 aromatic heterocycles. The molecule has 2 aromatic carbocycles. The van der Waals surface area contributed by atoms with Crippen LogP contribution in [0.15, 0.2) is 51.5 Å². The Kier molecular flexibility index (Phi) is 8.01. The van der Waals surface area contributed by atoms with Crippen LogP contribution >= 0.6 is 0 Å². The lowest BCUT2D eigenvalue weighted by atomic mass is 10.1. The molecular formula is C25H26FN5O5. The van der Waals surface area contributed by atoms with Crippen molar-refractivity contribution in [2.24, 2.45) is 0 Å². The highest BCUT2D eigenvalue weighted by molar-refractivity contribution is 5.94. The molecule has 0 spiro atoms. The second-order valence-corrected chi connectivity index (χ2v) is 7.89. The highest BCUT2D eigenvalue weighted by atomic mass is 19.1. The number of halogens is 1. The van der Waals surface area contributed by atoms with Gasteiger partial charge in [0.1, 0.15) is 11.6 Å². The van der Waals surface area contributed by atoms with Crippen LogP contribution in [0.25, 0.3) is 22.8 Å². The van der Waals surface area contributed by atoms with Gasteiger partial charge in [0.15, 0.2) is 6.10 Å². The lowest BCUT2D eigenvalue weighted by Crippen LogP contribution is -2.25. The first-order chi connectivity index (χ1) is 17.5. The van der Waals surface area contributed by atoms with Gasteiger partial charge in [0, 0.05) is 30.7 Å². The molecule has 0 aliphatic heterocycles. The van der Waals surface area contributed by atoms with E-state index in [1.807, 2.05) is 26.0 Å². The van der Waals surface area contributed by atoms with E-state index >= 15 is 0 Å². The third-order valence-electron chi connectivity index (χ3n) is 5.34. The van der Waals surface area contributed by atoms with Crippen molar-refractivity contribution in [1.29, 1.82) is 0 Å². The van der Waals surface area contributed by atoms with Crippen LogP contribution in [-0.2, 0) is 6.42 Å². The fourth-order valence-corrected chi connectivity index (χ4v) is 3.37. The summed E-state index contributed by atoms with van der Waals surface area (Å²) in [6.07, 6.45) is 1.08. The van der Waals surface area contributed by atoms with Gasteiger partial charge in [0.05, 0.1) is 5.56 Å². The minimum absolute atomic E-state index is 0.0598. The van der Waals surface area contributed by atoms with Gasteiger partial charge in [-0.15, -0.1) is 0 Å². The van der Waals surface area contributed by atoms with Gasteiger partial charge in [-0.25, -0.2) is 4.39 Å². The summed E-state index contributed by atoms with van der Waals surface area (Å²) in [5.41, 5.74) is 1.05. The highest BCUT2D eigenvalue weighted by Gasteiger charge is 2.21. The van der Waals surface area contributed by atoms with E-state index in [9.17, 15) is 9.18 Å². The summed E-state index contributed by atoms with van der Waals surface area (Å²) < 4.78 is 31.1. The standard InChI is InChI=1S/C25H26FN5O5/c1-3-20(34-17-9-6-15(7-10-17)22-28-21(4-2)35-30-22)25-29-23(31-36-25)16-8-11-18(19(26)14-16)24(33)27-12-5-13-32/h6-11,14,20,32H,3-5,12-13H2,1-2H3,(H,27,33). The Morgan fingerprint density at radius 3 is 2.44 bits per heavy atom. The molecule has 0 aliphatic carbocycles. The van der Waals surface area contributed by atoms with E-state index in [4.69, 9.17) is 18.9 Å². The summed E-state index contributed by atoms with van der Waals surface area (Å²) in [6.45, 7) is 4.05. The largest absolute Gasteiger partial charge is 0.481 e. The highest BCUT2D eigenvalue weighted by Crippen LogP contribution is 2.28. The Labute approximate surface area is 206 Å². The number of aliphatic hydroxyl groups excluding tert-OH is 1. The minimum Gasteiger partial charge on any atom is -0.481 e. The van der Waals surface area contributed by atoms with Gasteiger partial charge in [0.2, 0.25) is 17.5 Å². The number of rotatable bonds is 11. The fourth-order valence-electron chi connectivity index (χ4n) is 3.37. The van der Waals surface area contributed by atoms with Crippen molar-refractivity contribution in [3.8, 4) is 28.5 Å². The molecule has 2 N–H and O–H groups in total. The molecular weight excluding hydrogens is 469 g/mol. The topological polar surface area (TPSA) is 136 Å². The average molecular weight is 496 g/mol. The van der Waals surface area contributed by atoms with E-state index in [0.29, 0.717) is 42.3 Å². The number of ether oxygens (including phenoxy) is 1. The summed E-state index contributed by atoms with van der Waals surface area (Å²) in [5, 5.41) is 19.3. The zero-order chi connectivity index (χ0) is 25.5. The fraction of sp³-hybridized carbons (Fsp3) is 0.320. The Hall–Kier alpha value is -4.12. The van der Waals surface area contributed by atoms with Gasteiger partial charge in [-0.1, -0.05) is 30.2 Å². The molecule has 0 bridgehead atoms. The zero-order valence-corrected chi connectivity index (χ0v) is 19.9. The SMILES string of the molecule is CCc1nc(-c2ccc(OC(CC)c3nc(-c4ccc(C(=O)NCCCO)c(F)c4)no3)cc2)no1. The summed E-state index contributed by atoms with van der Waals surface area (Å²) in [7, 11) is 0. The van der Waals surface area contributed by atoms with Crippen LogP contribution in [0.2, 0.25) is 0 Å². The normalized spacial score (nSPS) is 11.9. The maximum atomic E-state index is 14.6. The molecule has 36 heavy (non-hydrogen) atoms. The molecule has 0 fully saturated rings. The maximum Gasteiger partial charge on any atom is 0.268 e. The lowest BCUT2D eigenvalue weighted by Gasteiger charge is -2.13. The number of aliphatic hydroxyl groups is 1. The van der Waals surface area contributed by atoms with Crippen LogP contribution in [0.5, 0.6) is 5.75 Å². The van der Waals surface area contributed by atoms with Crippen molar-refractivity contribution in [2.45, 2.75) is 39.2 Å². The lowest BCUT2D eigenvalue weighted by molar-refractivity contribution is 0.0947. The van der Waals surface area contributed by atoms with Gasteiger partial charge < -0.3 is 24.2 Å². The second-order valence-electron chi connectivity index (χ2n) is 7.89. The first kappa shape index (κ1) is 25.0. The van der Waals surface area contributed by atoms with E-state index in [2.05, 4.69) is 25.6 Å². The average Bonchev–Trinajstić information content (AvgIpc) is 3.58. The number of hydrogen-bond acceptors (Lipinski definition) is 9. The van der Waals surface area contributed by atoms with Crippen molar-refractivity contribution in [3.63, 3.8) is 0 Å². The molecule has 188 valence electrons. The van der Waals surface area contributed by atoms with Crippen molar-refractivity contribution in [3.05, 3.63) is 65.6 Å². The van der Waals surface area contributed by atoms with Crippen LogP contribution in [-0.4, -0.2) is 44.4 Å². The van der Waals surface area contributed by atoms with Crippen LogP contribution in [0, 0.1) is 5.82 Å². The smallest absolute Gasteiger partial charge is 0.268 e. The van der Waals surface area contributed by atoms with Crippen LogP contribution < -0.4 is 10.1 Å². The van der Waals surface area contributed by atoms with Gasteiger partial charge in [0.25, 0.3) is 11.8 Å². The summed E-state index contributed by atoms with van der Waals surface area (Å²) in [6, 6.07) is 11.3. The first-order valence-corrected chi connectivity index (χ1v) is 11.6. The molecule has 4 aromatic rings. The number of amides is 1. The van der Waals surface area contributed by atoms with E-state index < -0.39 is 17.8 Å². The number of carbonyl (C=O) groups excluding carboxylic acids is 1. The van der Waals surface area contributed by atoms with Gasteiger partial charge in [-0.3, -0.25) is 4.79 Å². The van der Waals surface area contributed by atoms with E-state index in [1.54, 1.807) is 18.2 Å². The molecule has 4 rings (SSSR count). The Morgan fingerprint density at radius 1 is 1.06 bits per heavy atom. The van der Waals surface area contributed by atoms with Gasteiger partial charge in [-0.2, -0.15) is 9.97 Å². The Bertz CT molecular complexity index is 1300. The van der Waals surface area contributed by atoms with Crippen molar-refractivity contribution in [1.82, 2.24) is 25.6 Å². The number of carbonyl (C=O) groups is 1. The van der Waals surface area contributed by atoms with Crippen LogP contribution in [0.3, 0.4) is 0 Å². The van der Waals surface area contributed by atoms with Crippen LogP contribution in [0.4, 0.5) is 4.39 Å². The third kappa shape index (κ3) is 5.74. The quantitative estimate of drug-likeness (QED) is 0.294. The summed E-state index contributed by atoms with van der Waals surface area (Å²) >= 11 is 0. The number of nitrogens with zero attached hydrogens (tertiary/aromatic N) is 4. The molecule has 10 nitrogen and oxygen atoms in total. The molecule has 1 atom stereocenters. The molecule has 1 unspecified atom stereocenters. The second kappa shape index (κ2) is 11.5. The Morgan fingerprint density at radius 2 is 1.78 bits per heavy atom. The molecule has 0 saturated carbocycles. The number of nitrogens with one attached hydrogen (secondary N) is 1. The first-order valence-electron chi connectivity index (χ1n) is 11.6. The monoisotopic (exact) mass is 495 g/mol. The Balaban J connectivity index is 1.44. The van der Waals surface area contributed by atoms with Gasteiger partial charge in [-0.05, 0) is 49.2 Å². The third-order valence-corrected chi connectivity index (χ3v) is 5.34. The summed E-state index contributed by atoms with van der Waals surface area (Å²) in [4.78, 5) is 20.8. The molecule has 1 amide bonds. The molecule has 11 heteroatoms. The van der Waals surface area contributed by atoms with Crippen molar-refractivity contribution in [2.75, 3.05) is 13.2 Å². The number of hydrogen-bond donors (Lipinski definition) is 2. The predicted molar refractivity (Wildman–Crippen MR) is 127 cm³/mol. The van der Waals surface area contributed by atoms with E-state index in [-0.39, 0.29) is 30.4 Å². The predicted octanol–water partition coefficient (Wildman–Crippen LogP) is 4.13. The zero-order valence-electron chi connectivity index (χ0n) is 19.9. The van der Waals surface area contributed by atoms with Gasteiger partial charge >= 0.3 is 0 Å². The number of benzene rings is 2. The molecule has 0 radical (unpaired) electrons. The van der Waals surface area contributed by atoms with Crippen LogP contribution in [0.1, 0.15) is 54.9 Å². The minimum atomic E-state index is -0.712. The maximum absolute atomic E-state index is 14.6. The van der Waals surface area contributed by atoms with Crippen molar-refractivity contribution < 1.29 is 28.1 Å². The molecule has 0 aliphatic rings. The molecule has 2 heterocycles. The van der Waals surface area contributed by atoms with Crippen molar-refractivity contribution >= 4 is 5.91 Å². The number of aryl methyl sites for hydroxylation is 1. The molecule has 0 saturated heterocycles. The number of aromatic nitrogens is 4. The van der Waals surface area contributed by atoms with E-state index in [1.165, 1.54) is 12.1 Å².